The summed E-state index contributed by atoms with van der Waals surface area (Å²) in [6.45, 7) is 1.59. The van der Waals surface area contributed by atoms with Crippen LogP contribution in [0.4, 0.5) is 10.5 Å². The van der Waals surface area contributed by atoms with Crippen molar-refractivity contribution < 1.29 is 37.1 Å². The van der Waals surface area contributed by atoms with Gasteiger partial charge in [-0.25, -0.2) is 17.9 Å². The number of nitrogens with zero attached hydrogens (tertiary/aromatic N) is 1. The predicted molar refractivity (Wildman–Crippen MR) is 157 cm³/mol. The molecule has 5 rings (SSSR count). The highest BCUT2D eigenvalue weighted by molar-refractivity contribution is 7.90. The molecular weight excluding hydrogens is 542 g/mol. The van der Waals surface area contributed by atoms with Crippen LogP contribution < -0.4 is 14.8 Å². The van der Waals surface area contributed by atoms with Crippen LogP contribution in [0.15, 0.2) is 71.8 Å². The van der Waals surface area contributed by atoms with Crippen molar-refractivity contribution in [3.05, 3.63) is 89.1 Å². The van der Waals surface area contributed by atoms with Crippen LogP contribution in [0.3, 0.4) is 0 Å². The first-order chi connectivity index (χ1) is 22.2. The molecule has 41 heavy (non-hydrogen) atoms. The first-order valence-corrected chi connectivity index (χ1v) is 14.2. The molecule has 0 spiro atoms. The molecule has 1 fully saturated rings. The Labute approximate surface area is 249 Å². The molecule has 1 aromatic heterocycles. The summed E-state index contributed by atoms with van der Waals surface area (Å²) in [5.74, 6) is -1.13. The van der Waals surface area contributed by atoms with E-state index in [9.17, 15) is 18.0 Å². The summed E-state index contributed by atoms with van der Waals surface area (Å²) in [4.78, 5) is 25.6. The summed E-state index contributed by atoms with van der Waals surface area (Å²) in [6.07, 6.45) is -4.64. The summed E-state index contributed by atoms with van der Waals surface area (Å²) in [5, 5.41) is 3.29. The van der Waals surface area contributed by atoms with Gasteiger partial charge >= 0.3 is 6.09 Å². The summed E-state index contributed by atoms with van der Waals surface area (Å²) in [5.41, 5.74) is 2.52. The summed E-state index contributed by atoms with van der Waals surface area (Å²) in [6, 6.07) is 15.2. The van der Waals surface area contributed by atoms with Crippen molar-refractivity contribution in [2.24, 2.45) is 7.05 Å². The number of hydrogen-bond donors (Lipinski definition) is 2. The molecule has 0 radical (unpaired) electrons. The summed E-state index contributed by atoms with van der Waals surface area (Å²) in [7, 11) is -5.30. The van der Waals surface area contributed by atoms with Gasteiger partial charge in [0.1, 0.15) is 11.9 Å². The van der Waals surface area contributed by atoms with Crippen LogP contribution in [-0.2, 0) is 28.2 Å². The molecule has 4 aromatic rings. The van der Waals surface area contributed by atoms with Crippen molar-refractivity contribution in [1.29, 1.82) is 0 Å². The van der Waals surface area contributed by atoms with Crippen molar-refractivity contribution >= 4 is 38.6 Å². The molecule has 0 atom stereocenters. The lowest BCUT2D eigenvalue weighted by atomic mass is 10.0. The van der Waals surface area contributed by atoms with Gasteiger partial charge in [0.05, 0.1) is 16.0 Å². The molecule has 9 nitrogen and oxygen atoms in total. The Morgan fingerprint density at radius 1 is 1.07 bits per heavy atom. The van der Waals surface area contributed by atoms with Crippen LogP contribution in [-0.4, -0.2) is 38.1 Å². The second-order valence-electron chi connectivity index (χ2n) is 9.71. The number of aromatic nitrogens is 1. The van der Waals surface area contributed by atoms with E-state index in [4.69, 9.17) is 19.1 Å². The fraction of sp³-hybridized carbons (Fsp3) is 0.290. The predicted octanol–water partition coefficient (Wildman–Crippen LogP) is 5.70. The maximum absolute atomic E-state index is 13.0. The van der Waals surface area contributed by atoms with Crippen molar-refractivity contribution in [2.75, 3.05) is 12.4 Å². The number of carbonyl (C=O) groups is 2. The maximum Gasteiger partial charge on any atom is 0.411 e. The molecule has 0 aliphatic heterocycles. The van der Waals surface area contributed by atoms with Gasteiger partial charge in [0, 0.05) is 47.3 Å². The lowest BCUT2D eigenvalue weighted by Gasteiger charge is -2.13. The number of carbonyl (C=O) groups excluding carboxylic acids is 2. The molecule has 10 heteroatoms. The average molecular weight is 583 g/mol. The third-order valence-electron chi connectivity index (χ3n) is 6.81. The molecule has 2 amide bonds. The molecule has 0 bridgehead atoms. The highest BCUT2D eigenvalue weighted by atomic mass is 32.2. The number of rotatable bonds is 8. The van der Waals surface area contributed by atoms with E-state index in [-0.39, 0.29) is 35.5 Å². The quantitative estimate of drug-likeness (QED) is 0.276. The van der Waals surface area contributed by atoms with E-state index in [1.807, 2.05) is 15.5 Å². The molecular formula is C31H33N3O6S. The first-order valence-electron chi connectivity index (χ1n) is 16.2. The molecule has 214 valence electrons. The van der Waals surface area contributed by atoms with E-state index < -0.39 is 47.9 Å². The maximum atomic E-state index is 13.0. The van der Waals surface area contributed by atoms with E-state index in [1.165, 1.54) is 30.3 Å². The molecule has 0 unspecified atom stereocenters. The molecule has 1 aliphatic rings. The van der Waals surface area contributed by atoms with Gasteiger partial charge in [-0.15, -0.1) is 0 Å². The number of hydrogen-bond acceptors (Lipinski definition) is 6. The molecule has 1 saturated carbocycles. The molecule has 3 aromatic carbocycles. The molecule has 1 heterocycles. The number of sulfonamides is 1. The Hall–Kier alpha value is -4.31. The largest absolute Gasteiger partial charge is 0.496 e. The molecule has 0 saturated heterocycles. The van der Waals surface area contributed by atoms with Gasteiger partial charge in [0.15, 0.2) is 0 Å². The van der Waals surface area contributed by atoms with Crippen LogP contribution in [0.2, 0.25) is 0 Å². The highest BCUT2D eigenvalue weighted by Crippen LogP contribution is 2.30. The number of fused-ring (bicyclic) bond motifs is 1. The lowest BCUT2D eigenvalue weighted by molar-refractivity contribution is 0.0980. The van der Waals surface area contributed by atoms with Crippen LogP contribution in [0.1, 0.15) is 62.2 Å². The van der Waals surface area contributed by atoms with E-state index in [1.54, 1.807) is 44.3 Å². The molecule has 2 N–H and O–H groups in total. The van der Waals surface area contributed by atoms with Gasteiger partial charge in [0.2, 0.25) is 0 Å². The Bertz CT molecular complexity index is 2000. The topological polar surface area (TPSA) is 116 Å². The van der Waals surface area contributed by atoms with E-state index >= 15 is 0 Å². The third-order valence-corrected chi connectivity index (χ3v) is 8.30. The van der Waals surface area contributed by atoms with E-state index in [0.717, 1.165) is 5.52 Å². The number of ether oxygens (including phenoxy) is 2. The third kappa shape index (κ3) is 6.22. The number of benzene rings is 3. The number of aryl methyl sites for hydroxylation is 2. The van der Waals surface area contributed by atoms with Gasteiger partial charge in [-0.05, 0) is 85.6 Å². The van der Waals surface area contributed by atoms with Crippen molar-refractivity contribution in [2.45, 2.75) is 49.9 Å². The number of amides is 2. The van der Waals surface area contributed by atoms with Crippen molar-refractivity contribution in [1.82, 2.24) is 9.29 Å². The van der Waals surface area contributed by atoms with Gasteiger partial charge in [0.25, 0.3) is 15.9 Å². The fourth-order valence-electron chi connectivity index (χ4n) is 4.75. The van der Waals surface area contributed by atoms with Crippen LogP contribution >= 0.6 is 0 Å². The Kier molecular flexibility index (Phi) is 5.84. The average Bonchev–Trinajstić information content (AvgIpc) is 3.37. The van der Waals surface area contributed by atoms with Gasteiger partial charge in [-0.3, -0.25) is 10.1 Å². The fourth-order valence-corrected chi connectivity index (χ4v) is 5.98. The zero-order chi connectivity index (χ0) is 35.2. The van der Waals surface area contributed by atoms with Gasteiger partial charge in [-0.1, -0.05) is 24.3 Å². The van der Waals surface area contributed by atoms with Crippen molar-refractivity contribution in [3.8, 4) is 5.75 Å². The van der Waals surface area contributed by atoms with Crippen LogP contribution in [0.5, 0.6) is 5.75 Å². The SMILES string of the molecule is [2H]C([2H])([2H])Oc1cc(C(=O)NS(=O)(=O)c2ccccc2C)ccc1Cc1cn(C)c2ccc(NC(=O)OC3CC([2H])([2H])C([2H])([2H])C3)cc12. The minimum atomic E-state index is -4.22. The minimum absolute atomic E-state index is 0.0731. The number of nitrogens with one attached hydrogen (secondary N) is 2. The normalized spacial score (nSPS) is 19.0. The summed E-state index contributed by atoms with van der Waals surface area (Å²) >= 11 is 0. The highest BCUT2D eigenvalue weighted by Gasteiger charge is 2.22. The Balaban J connectivity index is 1.39. The minimum Gasteiger partial charge on any atom is -0.496 e. The van der Waals surface area contributed by atoms with Crippen LogP contribution in [0, 0.1) is 6.92 Å². The van der Waals surface area contributed by atoms with Crippen LogP contribution in [0.25, 0.3) is 10.9 Å². The van der Waals surface area contributed by atoms with Gasteiger partial charge in [-0.2, -0.15) is 0 Å². The van der Waals surface area contributed by atoms with Crippen molar-refractivity contribution in [3.63, 3.8) is 0 Å². The number of methoxy groups -OCH3 is 1. The monoisotopic (exact) mass is 582 g/mol. The lowest BCUT2D eigenvalue weighted by Crippen LogP contribution is -2.31. The van der Waals surface area contributed by atoms with E-state index in [2.05, 4.69) is 5.32 Å². The smallest absolute Gasteiger partial charge is 0.411 e. The number of anilines is 1. The molecule has 1 aliphatic carbocycles. The zero-order valence-corrected chi connectivity index (χ0v) is 23.2. The summed E-state index contributed by atoms with van der Waals surface area (Å²) < 4.78 is 94.7. The second kappa shape index (κ2) is 11.7. The Morgan fingerprint density at radius 3 is 2.61 bits per heavy atom. The Morgan fingerprint density at radius 2 is 1.85 bits per heavy atom. The first kappa shape index (κ1) is 20.5. The standard InChI is InChI=1S/C31H33N3O6S/c1-20-8-4-7-11-29(20)41(37,38)33-30(35)22-13-12-21(28(17-22)39-3)16-23-19-34(2)27-15-14-24(18-26(23)27)32-31(36)40-25-9-5-6-10-25/h4,7-8,11-15,17-19,25H,5-6,9-10,16H2,1-3H3,(H,32,36)(H,33,35)/i3D3,5D2,6D2. The second-order valence-corrected chi connectivity index (χ2v) is 11.4. The zero-order valence-electron chi connectivity index (χ0n) is 29.4. The van der Waals surface area contributed by atoms with E-state index in [0.29, 0.717) is 27.8 Å². The van der Waals surface area contributed by atoms with Gasteiger partial charge < -0.3 is 14.0 Å².